The molecule has 1 aromatic heterocycles. The second-order valence-electron chi connectivity index (χ2n) is 3.16. The molecule has 1 aromatic rings. The zero-order chi connectivity index (χ0) is 9.68. The van der Waals surface area contributed by atoms with Crippen LogP contribution in [0.4, 0.5) is 0 Å². The van der Waals surface area contributed by atoms with E-state index in [9.17, 15) is 0 Å². The molecule has 0 bridgehead atoms. The third-order valence-electron chi connectivity index (χ3n) is 1.92. The first-order valence-electron chi connectivity index (χ1n) is 4.79. The Labute approximate surface area is 79.4 Å². The van der Waals surface area contributed by atoms with Gasteiger partial charge in [0.15, 0.2) is 0 Å². The summed E-state index contributed by atoms with van der Waals surface area (Å²) >= 11 is 0. The zero-order valence-electron chi connectivity index (χ0n) is 8.38. The van der Waals surface area contributed by atoms with Gasteiger partial charge in [-0.05, 0) is 32.4 Å². The van der Waals surface area contributed by atoms with Crippen LogP contribution in [0, 0.1) is 6.92 Å². The second-order valence-corrected chi connectivity index (χ2v) is 3.16. The summed E-state index contributed by atoms with van der Waals surface area (Å²) in [6.07, 6.45) is 2.83. The summed E-state index contributed by atoms with van der Waals surface area (Å²) in [5.41, 5.74) is 7.61. The first kappa shape index (κ1) is 10.1. The van der Waals surface area contributed by atoms with Gasteiger partial charge < -0.3 is 5.73 Å². The van der Waals surface area contributed by atoms with Crippen LogP contribution in [0.1, 0.15) is 30.6 Å². The first-order valence-corrected chi connectivity index (χ1v) is 4.79. The lowest BCUT2D eigenvalue weighted by Crippen LogP contribution is -2.05. The molecule has 0 radical (unpaired) electrons. The Hall–Kier alpha value is -0.960. The molecule has 0 spiro atoms. The maximum absolute atomic E-state index is 5.43. The topological polar surface area (TPSA) is 51.8 Å². The molecule has 1 heterocycles. The third-order valence-corrected chi connectivity index (χ3v) is 1.92. The fourth-order valence-electron chi connectivity index (χ4n) is 1.25. The van der Waals surface area contributed by atoms with Crippen LogP contribution in [0.25, 0.3) is 0 Å². The fraction of sp³-hybridized carbons (Fsp3) is 0.600. The monoisotopic (exact) mass is 179 g/mol. The molecule has 72 valence electrons. The van der Waals surface area contributed by atoms with Gasteiger partial charge in [0, 0.05) is 17.8 Å². The molecule has 1 rings (SSSR count). The van der Waals surface area contributed by atoms with Gasteiger partial charge in [0.05, 0.1) is 0 Å². The summed E-state index contributed by atoms with van der Waals surface area (Å²) in [4.78, 5) is 8.78. The highest BCUT2D eigenvalue weighted by molar-refractivity contribution is 5.09. The first-order chi connectivity index (χ1) is 6.26. The molecule has 3 nitrogen and oxygen atoms in total. The van der Waals surface area contributed by atoms with Gasteiger partial charge in [0.2, 0.25) is 0 Å². The van der Waals surface area contributed by atoms with Crippen molar-refractivity contribution < 1.29 is 0 Å². The largest absolute Gasteiger partial charge is 0.330 e. The Bertz CT molecular complexity index is 271. The Kier molecular flexibility index (Phi) is 3.83. The van der Waals surface area contributed by atoms with Crippen LogP contribution in [-0.2, 0) is 12.8 Å². The van der Waals surface area contributed by atoms with Crippen molar-refractivity contribution >= 4 is 0 Å². The van der Waals surface area contributed by atoms with E-state index in [0.29, 0.717) is 6.54 Å². The average molecular weight is 179 g/mol. The van der Waals surface area contributed by atoms with Crippen LogP contribution in [-0.4, -0.2) is 16.5 Å². The van der Waals surface area contributed by atoms with E-state index in [0.717, 1.165) is 36.5 Å². The van der Waals surface area contributed by atoms with Crippen LogP contribution in [0.2, 0.25) is 0 Å². The molecule has 0 aliphatic carbocycles. The molecule has 0 aliphatic rings. The van der Waals surface area contributed by atoms with Crippen LogP contribution >= 0.6 is 0 Å². The minimum atomic E-state index is 0.707. The van der Waals surface area contributed by atoms with Crippen molar-refractivity contribution in [3.05, 3.63) is 23.3 Å². The van der Waals surface area contributed by atoms with Gasteiger partial charge in [-0.25, -0.2) is 9.97 Å². The lowest BCUT2D eigenvalue weighted by molar-refractivity contribution is 0.763. The predicted molar refractivity (Wildman–Crippen MR) is 53.5 cm³/mol. The predicted octanol–water partition coefficient (Wildman–Crippen LogP) is 1.24. The van der Waals surface area contributed by atoms with E-state index < -0.39 is 0 Å². The summed E-state index contributed by atoms with van der Waals surface area (Å²) in [6, 6.07) is 2.03. The van der Waals surface area contributed by atoms with Crippen molar-refractivity contribution in [2.45, 2.75) is 33.1 Å². The molecule has 13 heavy (non-hydrogen) atoms. The fourth-order valence-corrected chi connectivity index (χ4v) is 1.25. The summed E-state index contributed by atoms with van der Waals surface area (Å²) in [6.45, 7) is 4.82. The molecule has 0 atom stereocenters. The van der Waals surface area contributed by atoms with Gasteiger partial charge in [0.25, 0.3) is 0 Å². The molecule has 0 fully saturated rings. The van der Waals surface area contributed by atoms with Gasteiger partial charge in [-0.15, -0.1) is 0 Å². The number of hydrogen-bond acceptors (Lipinski definition) is 3. The highest BCUT2D eigenvalue weighted by atomic mass is 14.9. The van der Waals surface area contributed by atoms with Gasteiger partial charge in [0.1, 0.15) is 5.82 Å². The van der Waals surface area contributed by atoms with E-state index in [4.69, 9.17) is 5.73 Å². The molecular formula is C10H17N3. The van der Waals surface area contributed by atoms with E-state index in [-0.39, 0.29) is 0 Å². The van der Waals surface area contributed by atoms with Crippen molar-refractivity contribution in [3.63, 3.8) is 0 Å². The van der Waals surface area contributed by atoms with Crippen LogP contribution in [0.15, 0.2) is 6.07 Å². The maximum atomic E-state index is 5.43. The standard InChI is InChI=1S/C10H17N3/c1-3-9-7-8(2)12-10(13-9)5-4-6-11/h7H,3-6,11H2,1-2H3. The molecule has 0 aliphatic heterocycles. The number of nitrogens with two attached hydrogens (primary N) is 1. The number of aryl methyl sites for hydroxylation is 3. The average Bonchev–Trinajstić information content (AvgIpc) is 2.14. The molecule has 0 amide bonds. The highest BCUT2D eigenvalue weighted by Crippen LogP contribution is 2.03. The van der Waals surface area contributed by atoms with Crippen LogP contribution < -0.4 is 5.73 Å². The molecular weight excluding hydrogens is 162 g/mol. The summed E-state index contributed by atoms with van der Waals surface area (Å²) in [5.74, 6) is 0.933. The van der Waals surface area contributed by atoms with E-state index in [1.54, 1.807) is 0 Å². The molecule has 0 unspecified atom stereocenters. The Balaban J connectivity index is 2.76. The van der Waals surface area contributed by atoms with Crippen molar-refractivity contribution in [1.82, 2.24) is 9.97 Å². The van der Waals surface area contributed by atoms with Gasteiger partial charge in [-0.1, -0.05) is 6.92 Å². The number of rotatable bonds is 4. The van der Waals surface area contributed by atoms with Crippen molar-refractivity contribution in [3.8, 4) is 0 Å². The Morgan fingerprint density at radius 2 is 2.15 bits per heavy atom. The van der Waals surface area contributed by atoms with Gasteiger partial charge >= 0.3 is 0 Å². The van der Waals surface area contributed by atoms with E-state index >= 15 is 0 Å². The Morgan fingerprint density at radius 1 is 1.38 bits per heavy atom. The normalized spacial score (nSPS) is 10.4. The minimum Gasteiger partial charge on any atom is -0.330 e. The van der Waals surface area contributed by atoms with E-state index in [2.05, 4.69) is 16.9 Å². The molecule has 2 N–H and O–H groups in total. The quantitative estimate of drug-likeness (QED) is 0.756. The second kappa shape index (κ2) is 4.92. The number of aromatic nitrogens is 2. The number of nitrogens with zero attached hydrogens (tertiary/aromatic N) is 2. The van der Waals surface area contributed by atoms with Gasteiger partial charge in [-0.3, -0.25) is 0 Å². The maximum Gasteiger partial charge on any atom is 0.128 e. The summed E-state index contributed by atoms with van der Waals surface area (Å²) < 4.78 is 0. The Morgan fingerprint density at radius 3 is 2.77 bits per heavy atom. The van der Waals surface area contributed by atoms with Gasteiger partial charge in [-0.2, -0.15) is 0 Å². The SMILES string of the molecule is CCc1cc(C)nc(CCCN)n1. The molecule has 0 aromatic carbocycles. The van der Waals surface area contributed by atoms with Crippen LogP contribution in [0.3, 0.4) is 0 Å². The van der Waals surface area contributed by atoms with E-state index in [1.807, 2.05) is 13.0 Å². The molecule has 0 saturated carbocycles. The zero-order valence-corrected chi connectivity index (χ0v) is 8.38. The van der Waals surface area contributed by atoms with Crippen molar-refractivity contribution in [2.75, 3.05) is 6.54 Å². The molecule has 0 saturated heterocycles. The smallest absolute Gasteiger partial charge is 0.128 e. The highest BCUT2D eigenvalue weighted by Gasteiger charge is 1.99. The number of hydrogen-bond donors (Lipinski definition) is 1. The van der Waals surface area contributed by atoms with Crippen molar-refractivity contribution in [2.24, 2.45) is 5.73 Å². The lowest BCUT2D eigenvalue weighted by atomic mass is 10.2. The minimum absolute atomic E-state index is 0.707. The summed E-state index contributed by atoms with van der Waals surface area (Å²) in [7, 11) is 0. The van der Waals surface area contributed by atoms with Crippen molar-refractivity contribution in [1.29, 1.82) is 0 Å². The van der Waals surface area contributed by atoms with Crippen LogP contribution in [0.5, 0.6) is 0 Å². The lowest BCUT2D eigenvalue weighted by Gasteiger charge is -2.03. The summed E-state index contributed by atoms with van der Waals surface area (Å²) in [5, 5.41) is 0. The third kappa shape index (κ3) is 3.11. The molecule has 3 heteroatoms. The van der Waals surface area contributed by atoms with E-state index in [1.165, 1.54) is 0 Å².